The fourth-order valence-electron chi connectivity index (χ4n) is 2.68. The summed E-state index contributed by atoms with van der Waals surface area (Å²) in [5, 5.41) is 9.65. The van der Waals surface area contributed by atoms with Crippen molar-refractivity contribution in [1.82, 2.24) is 0 Å². The van der Waals surface area contributed by atoms with Gasteiger partial charge in [-0.25, -0.2) is 5.26 Å². The lowest BCUT2D eigenvalue weighted by Crippen LogP contribution is -2.39. The zero-order valence-corrected chi connectivity index (χ0v) is 14.6. The minimum Gasteiger partial charge on any atom is -0.407 e. The zero-order valence-electron chi connectivity index (χ0n) is 13.6. The lowest BCUT2D eigenvalue weighted by atomic mass is 9.93. The molecule has 5 heteroatoms. The predicted octanol–water partition coefficient (Wildman–Crippen LogP) is 4.11. The minimum atomic E-state index is -1.89. The van der Waals surface area contributed by atoms with E-state index in [-0.39, 0.29) is 0 Å². The van der Waals surface area contributed by atoms with Gasteiger partial charge in [-0.3, -0.25) is 4.42 Å². The molecular formula is C18H21O4Si+. The van der Waals surface area contributed by atoms with Crippen LogP contribution in [0.25, 0.3) is 0 Å². The highest BCUT2D eigenvalue weighted by molar-refractivity contribution is 6.71. The normalized spacial score (nSPS) is 20.6. The Morgan fingerprint density at radius 1 is 1.00 bits per heavy atom. The first kappa shape index (κ1) is 15.9. The van der Waals surface area contributed by atoms with Crippen molar-refractivity contribution in [3.8, 4) is 0 Å². The van der Waals surface area contributed by atoms with Gasteiger partial charge in [0.15, 0.2) is 0 Å². The van der Waals surface area contributed by atoms with E-state index in [1.54, 1.807) is 0 Å². The summed E-state index contributed by atoms with van der Waals surface area (Å²) in [5.74, 6) is -0.867. The molecule has 0 aliphatic carbocycles. The van der Waals surface area contributed by atoms with Crippen LogP contribution in [0.5, 0.6) is 0 Å². The first-order chi connectivity index (χ1) is 10.9. The van der Waals surface area contributed by atoms with Gasteiger partial charge in [-0.2, -0.15) is 4.89 Å². The second kappa shape index (κ2) is 5.92. The standard InChI is InChI=1S/C18H20O4Si/c1-23(2,3)21-17-16-12-8-7-9-14(16)13-18(20-17,22-19)15-10-5-4-6-11-15/h4-12H,13H2,1-3H3/p+1. The third-order valence-corrected chi connectivity index (χ3v) is 4.48. The molecule has 0 radical (unpaired) electrons. The Bertz CT molecular complexity index is 721. The topological polar surface area (TPSA) is 50.0 Å². The van der Waals surface area contributed by atoms with Gasteiger partial charge in [0.05, 0.1) is 12.0 Å². The monoisotopic (exact) mass is 329 g/mol. The summed E-state index contributed by atoms with van der Waals surface area (Å²) in [6.45, 7) is 6.26. The first-order valence-corrected chi connectivity index (χ1v) is 11.1. The van der Waals surface area contributed by atoms with Crippen molar-refractivity contribution in [1.29, 1.82) is 0 Å². The number of hydrogen-bond donors (Lipinski definition) is 1. The molecular weight excluding hydrogens is 308 g/mol. The van der Waals surface area contributed by atoms with Crippen LogP contribution >= 0.6 is 0 Å². The van der Waals surface area contributed by atoms with E-state index in [9.17, 15) is 5.26 Å². The molecule has 2 aromatic rings. The number of benzene rings is 2. The third-order valence-electron chi connectivity index (χ3n) is 3.68. The number of fused-ring (bicyclic) bond motifs is 1. The summed E-state index contributed by atoms with van der Waals surface area (Å²) in [6.07, 6.45) is 0.405. The van der Waals surface area contributed by atoms with Crippen molar-refractivity contribution in [2.45, 2.75) is 31.8 Å². The molecule has 3 rings (SSSR count). The Labute approximate surface area is 137 Å². The van der Waals surface area contributed by atoms with Crippen LogP contribution in [0.15, 0.2) is 54.6 Å². The molecule has 2 aromatic carbocycles. The second-order valence-corrected chi connectivity index (χ2v) is 11.1. The Kier molecular flexibility index (Phi) is 4.10. The van der Waals surface area contributed by atoms with Crippen molar-refractivity contribution in [3.63, 3.8) is 0 Å². The summed E-state index contributed by atoms with van der Waals surface area (Å²) in [5.41, 5.74) is 2.68. The summed E-state index contributed by atoms with van der Waals surface area (Å²) < 4.78 is 12.2. The van der Waals surface area contributed by atoms with Crippen LogP contribution in [0.3, 0.4) is 0 Å². The first-order valence-electron chi connectivity index (χ1n) is 7.65. The fourth-order valence-corrected chi connectivity index (χ4v) is 3.38. The molecule has 0 fully saturated rings. The van der Waals surface area contributed by atoms with Gasteiger partial charge >= 0.3 is 20.1 Å². The van der Waals surface area contributed by atoms with Gasteiger partial charge in [0.25, 0.3) is 0 Å². The highest BCUT2D eigenvalue weighted by Gasteiger charge is 2.49. The van der Waals surface area contributed by atoms with Crippen LogP contribution in [0.4, 0.5) is 0 Å². The smallest absolute Gasteiger partial charge is 0.407 e. The van der Waals surface area contributed by atoms with Gasteiger partial charge in [0.1, 0.15) is 5.56 Å². The SMILES string of the molecule is C[Si](C)(C)OC1=[O+]C(OO)(c2ccccc2)Cc2ccccc21. The molecule has 0 saturated heterocycles. The molecule has 1 aliphatic heterocycles. The van der Waals surface area contributed by atoms with E-state index in [2.05, 4.69) is 19.6 Å². The fraction of sp³-hybridized carbons (Fsp3) is 0.278. The molecule has 23 heavy (non-hydrogen) atoms. The third kappa shape index (κ3) is 3.22. The van der Waals surface area contributed by atoms with E-state index in [0.29, 0.717) is 12.4 Å². The van der Waals surface area contributed by atoms with Crippen LogP contribution in [0, 0.1) is 0 Å². The molecule has 0 bridgehead atoms. The zero-order chi connectivity index (χ0) is 16.5. The molecule has 1 aliphatic rings. The van der Waals surface area contributed by atoms with Crippen LogP contribution in [-0.4, -0.2) is 19.5 Å². The van der Waals surface area contributed by atoms with Crippen molar-refractivity contribution in [2.75, 3.05) is 0 Å². The lowest BCUT2D eigenvalue weighted by molar-refractivity contribution is -0.573. The molecule has 4 nitrogen and oxygen atoms in total. The van der Waals surface area contributed by atoms with E-state index < -0.39 is 14.1 Å². The van der Waals surface area contributed by atoms with Gasteiger partial charge in [0, 0.05) is 0 Å². The van der Waals surface area contributed by atoms with Gasteiger partial charge in [-0.15, -0.1) is 0 Å². The minimum absolute atomic E-state index is 0.405. The average Bonchev–Trinajstić information content (AvgIpc) is 2.54. The van der Waals surface area contributed by atoms with E-state index >= 15 is 0 Å². The van der Waals surface area contributed by atoms with Crippen molar-refractivity contribution < 1.29 is 19.0 Å². The largest absolute Gasteiger partial charge is 0.500 e. The maximum atomic E-state index is 9.65. The van der Waals surface area contributed by atoms with Crippen molar-refractivity contribution >= 4 is 14.3 Å². The van der Waals surface area contributed by atoms with E-state index in [4.69, 9.17) is 13.7 Å². The molecule has 1 heterocycles. The van der Waals surface area contributed by atoms with Gasteiger partial charge in [-0.05, 0) is 43.4 Å². The number of carbonyl (C=O) groups excluding carboxylic acids is 1. The quantitative estimate of drug-likeness (QED) is 0.399. The molecule has 0 spiro atoms. The Hall–Kier alpha value is -1.95. The van der Waals surface area contributed by atoms with Crippen LogP contribution in [0.2, 0.25) is 19.6 Å². The maximum absolute atomic E-state index is 9.65. The van der Waals surface area contributed by atoms with Gasteiger partial charge < -0.3 is 4.43 Å². The van der Waals surface area contributed by atoms with Crippen LogP contribution in [0.1, 0.15) is 21.1 Å². The van der Waals surface area contributed by atoms with Crippen LogP contribution in [-0.2, 0) is 21.5 Å². The Balaban J connectivity index is 2.15. The molecule has 0 aromatic heterocycles. The molecule has 0 amide bonds. The highest BCUT2D eigenvalue weighted by atomic mass is 28.4. The van der Waals surface area contributed by atoms with Crippen molar-refractivity contribution in [3.05, 3.63) is 71.3 Å². The molecule has 120 valence electrons. The number of hydrogen-bond acceptors (Lipinski definition) is 3. The molecule has 1 unspecified atom stereocenters. The predicted molar refractivity (Wildman–Crippen MR) is 90.7 cm³/mol. The highest BCUT2D eigenvalue weighted by Crippen LogP contribution is 2.36. The van der Waals surface area contributed by atoms with Gasteiger partial charge in [-0.1, -0.05) is 36.4 Å². The second-order valence-electron chi connectivity index (χ2n) is 6.65. The van der Waals surface area contributed by atoms with E-state index in [1.165, 1.54) is 0 Å². The van der Waals surface area contributed by atoms with E-state index in [0.717, 1.165) is 16.7 Å². The molecule has 1 N–H and O–H groups in total. The van der Waals surface area contributed by atoms with Crippen LogP contribution < -0.4 is 0 Å². The van der Waals surface area contributed by atoms with Gasteiger partial charge in [0.2, 0.25) is 0 Å². The lowest BCUT2D eigenvalue weighted by Gasteiger charge is -2.26. The maximum Gasteiger partial charge on any atom is 0.500 e. The summed E-state index contributed by atoms with van der Waals surface area (Å²) >= 11 is 0. The Morgan fingerprint density at radius 2 is 1.65 bits per heavy atom. The number of rotatable bonds is 3. The van der Waals surface area contributed by atoms with Crippen molar-refractivity contribution in [2.24, 2.45) is 0 Å². The average molecular weight is 329 g/mol. The summed E-state index contributed by atoms with van der Waals surface area (Å²) in [6, 6.07) is 17.3. The Morgan fingerprint density at radius 3 is 2.30 bits per heavy atom. The summed E-state index contributed by atoms with van der Waals surface area (Å²) in [4.78, 5) is 4.86. The van der Waals surface area contributed by atoms with E-state index in [1.807, 2.05) is 54.6 Å². The summed E-state index contributed by atoms with van der Waals surface area (Å²) in [7, 11) is -1.89. The molecule has 0 saturated carbocycles. The molecule has 1 atom stereocenters.